The Morgan fingerprint density at radius 2 is 0.720 bits per heavy atom. The number of benzene rings is 6. The smallest absolute Gasteiger partial charge is 0.0973 e. The van der Waals surface area contributed by atoms with Gasteiger partial charge >= 0.3 is 0 Å². The number of aromatic nitrogens is 4. The Bertz CT molecular complexity index is 2620. The lowest BCUT2D eigenvalue weighted by atomic mass is 9.97. The van der Waals surface area contributed by atoms with Crippen LogP contribution in [0.5, 0.6) is 0 Å². The predicted octanol–water partition coefficient (Wildman–Crippen LogP) is 11.6. The van der Waals surface area contributed by atoms with Gasteiger partial charge in [-0.2, -0.15) is 0 Å². The lowest BCUT2D eigenvalue weighted by molar-refractivity contribution is 1.21. The molecule has 0 bridgehead atoms. The zero-order valence-electron chi connectivity index (χ0n) is 27.1. The SMILES string of the molecule is c1ccc(-c2nc(-c3ccccc3)c(-c3ccc(-c4ccnc(-c5nc6ccccc6c6ccccc56)c4)cc3)nc2-c2ccccc2)cc1. The van der Waals surface area contributed by atoms with Crippen LogP contribution < -0.4 is 0 Å². The molecule has 0 N–H and O–H groups in total. The summed E-state index contributed by atoms with van der Waals surface area (Å²) in [5.41, 5.74) is 12.3. The van der Waals surface area contributed by atoms with Crippen molar-refractivity contribution in [1.82, 2.24) is 19.9 Å². The molecule has 3 aromatic heterocycles. The third-order valence-corrected chi connectivity index (χ3v) is 9.14. The third kappa shape index (κ3) is 5.39. The molecule has 0 amide bonds. The van der Waals surface area contributed by atoms with Crippen LogP contribution in [0.4, 0.5) is 0 Å². The maximum absolute atomic E-state index is 5.40. The normalized spacial score (nSPS) is 11.2. The number of para-hydroxylation sites is 1. The van der Waals surface area contributed by atoms with Crippen molar-refractivity contribution in [1.29, 1.82) is 0 Å². The summed E-state index contributed by atoms with van der Waals surface area (Å²) in [4.78, 5) is 20.6. The van der Waals surface area contributed by atoms with Crippen LogP contribution in [0.25, 0.3) is 89.2 Å². The molecule has 6 aromatic carbocycles. The van der Waals surface area contributed by atoms with Gasteiger partial charge in [-0.1, -0.05) is 158 Å². The minimum Gasteiger partial charge on any atom is -0.255 e. The monoisotopic (exact) mass is 638 g/mol. The third-order valence-electron chi connectivity index (χ3n) is 9.14. The van der Waals surface area contributed by atoms with Gasteiger partial charge in [0, 0.05) is 39.2 Å². The molecule has 0 fully saturated rings. The Labute approximate surface area is 290 Å². The summed E-state index contributed by atoms with van der Waals surface area (Å²) in [5, 5.41) is 3.41. The van der Waals surface area contributed by atoms with Crippen molar-refractivity contribution in [2.75, 3.05) is 0 Å². The van der Waals surface area contributed by atoms with Gasteiger partial charge in [0.05, 0.1) is 39.7 Å². The van der Waals surface area contributed by atoms with Crippen LogP contribution in [0.15, 0.2) is 182 Å². The summed E-state index contributed by atoms with van der Waals surface area (Å²) in [5.74, 6) is 0. The Morgan fingerprint density at radius 1 is 0.280 bits per heavy atom. The van der Waals surface area contributed by atoms with E-state index in [0.29, 0.717) is 0 Å². The molecule has 0 aliphatic heterocycles. The number of hydrogen-bond donors (Lipinski definition) is 0. The Hall–Kier alpha value is -6.78. The van der Waals surface area contributed by atoms with Crippen LogP contribution in [0.2, 0.25) is 0 Å². The van der Waals surface area contributed by atoms with Crippen LogP contribution in [-0.4, -0.2) is 19.9 Å². The second kappa shape index (κ2) is 12.7. The van der Waals surface area contributed by atoms with Crippen LogP contribution in [0, 0.1) is 0 Å². The first kappa shape index (κ1) is 29.4. The zero-order valence-corrected chi connectivity index (χ0v) is 27.1. The minimum atomic E-state index is 0.837. The average Bonchev–Trinajstić information content (AvgIpc) is 3.21. The van der Waals surface area contributed by atoms with Gasteiger partial charge in [0.1, 0.15) is 0 Å². The van der Waals surface area contributed by atoms with E-state index in [2.05, 4.69) is 115 Å². The predicted molar refractivity (Wildman–Crippen MR) is 205 cm³/mol. The highest BCUT2D eigenvalue weighted by atomic mass is 14.9. The van der Waals surface area contributed by atoms with Gasteiger partial charge < -0.3 is 0 Å². The molecule has 0 unspecified atom stereocenters. The van der Waals surface area contributed by atoms with Crippen molar-refractivity contribution in [3.8, 4) is 67.5 Å². The molecule has 50 heavy (non-hydrogen) atoms. The Morgan fingerprint density at radius 3 is 1.28 bits per heavy atom. The van der Waals surface area contributed by atoms with Crippen molar-refractivity contribution in [3.05, 3.63) is 182 Å². The van der Waals surface area contributed by atoms with E-state index >= 15 is 0 Å². The number of nitrogens with zero attached hydrogens (tertiary/aromatic N) is 4. The van der Waals surface area contributed by atoms with Gasteiger partial charge in [-0.3, -0.25) is 4.98 Å². The first-order chi connectivity index (χ1) is 24.8. The second-order valence-corrected chi connectivity index (χ2v) is 12.2. The number of pyridine rings is 2. The molecule has 0 aliphatic carbocycles. The molecule has 0 radical (unpaired) electrons. The molecule has 9 rings (SSSR count). The van der Waals surface area contributed by atoms with E-state index in [0.717, 1.165) is 83.8 Å². The van der Waals surface area contributed by atoms with Crippen molar-refractivity contribution in [2.24, 2.45) is 0 Å². The molecule has 0 saturated carbocycles. The molecule has 234 valence electrons. The molecular formula is C46H30N4. The number of fused-ring (bicyclic) bond motifs is 3. The van der Waals surface area contributed by atoms with Gasteiger partial charge in [0.15, 0.2) is 0 Å². The maximum Gasteiger partial charge on any atom is 0.0973 e. The molecule has 4 nitrogen and oxygen atoms in total. The zero-order chi connectivity index (χ0) is 33.3. The lowest BCUT2D eigenvalue weighted by Crippen LogP contribution is -2.00. The van der Waals surface area contributed by atoms with Crippen molar-refractivity contribution in [3.63, 3.8) is 0 Å². The van der Waals surface area contributed by atoms with E-state index in [1.807, 2.05) is 66.9 Å². The molecule has 0 atom stereocenters. The fourth-order valence-electron chi connectivity index (χ4n) is 6.69. The molecule has 0 spiro atoms. The highest BCUT2D eigenvalue weighted by Crippen LogP contribution is 2.38. The van der Waals surface area contributed by atoms with Crippen LogP contribution in [0.3, 0.4) is 0 Å². The Kier molecular flexibility index (Phi) is 7.45. The van der Waals surface area contributed by atoms with Crippen LogP contribution in [-0.2, 0) is 0 Å². The fourth-order valence-corrected chi connectivity index (χ4v) is 6.69. The number of rotatable bonds is 6. The van der Waals surface area contributed by atoms with Gasteiger partial charge in [0.25, 0.3) is 0 Å². The Balaban J connectivity index is 1.16. The second-order valence-electron chi connectivity index (χ2n) is 12.2. The van der Waals surface area contributed by atoms with E-state index in [4.69, 9.17) is 19.9 Å². The topological polar surface area (TPSA) is 51.6 Å². The van der Waals surface area contributed by atoms with Gasteiger partial charge in [0.2, 0.25) is 0 Å². The van der Waals surface area contributed by atoms with E-state index in [9.17, 15) is 0 Å². The fraction of sp³-hybridized carbons (Fsp3) is 0. The van der Waals surface area contributed by atoms with E-state index in [-0.39, 0.29) is 0 Å². The summed E-state index contributed by atoms with van der Waals surface area (Å²) in [6, 6.07) is 60.5. The molecular weight excluding hydrogens is 609 g/mol. The highest BCUT2D eigenvalue weighted by Gasteiger charge is 2.19. The molecule has 9 aromatic rings. The quantitative estimate of drug-likeness (QED) is 0.170. The summed E-state index contributed by atoms with van der Waals surface area (Å²) < 4.78 is 0. The molecule has 4 heteroatoms. The lowest BCUT2D eigenvalue weighted by Gasteiger charge is -2.16. The van der Waals surface area contributed by atoms with Gasteiger partial charge in [-0.15, -0.1) is 0 Å². The average molecular weight is 639 g/mol. The molecule has 0 saturated heterocycles. The van der Waals surface area contributed by atoms with E-state index in [1.54, 1.807) is 0 Å². The van der Waals surface area contributed by atoms with Crippen molar-refractivity contribution < 1.29 is 0 Å². The summed E-state index contributed by atoms with van der Waals surface area (Å²) >= 11 is 0. The minimum absolute atomic E-state index is 0.837. The summed E-state index contributed by atoms with van der Waals surface area (Å²) in [7, 11) is 0. The van der Waals surface area contributed by atoms with Gasteiger partial charge in [-0.05, 0) is 34.7 Å². The van der Waals surface area contributed by atoms with Crippen LogP contribution in [0.1, 0.15) is 0 Å². The first-order valence-corrected chi connectivity index (χ1v) is 16.7. The van der Waals surface area contributed by atoms with Crippen molar-refractivity contribution >= 4 is 21.7 Å². The number of hydrogen-bond acceptors (Lipinski definition) is 4. The molecule has 0 aliphatic rings. The van der Waals surface area contributed by atoms with Gasteiger partial charge in [-0.25, -0.2) is 15.0 Å². The van der Waals surface area contributed by atoms with Crippen LogP contribution >= 0.6 is 0 Å². The standard InChI is InChI=1S/C46H30N4/c1-4-14-32(15-5-1)42-43(33-16-6-2-7-17-33)50-45(44(49-42)34-18-8-3-9-19-34)35-26-24-31(25-27-35)36-28-29-47-41(30-36)46-39-22-11-10-20-37(39)38-21-12-13-23-40(38)48-46/h1-30H. The largest absolute Gasteiger partial charge is 0.255 e. The molecule has 3 heterocycles. The highest BCUT2D eigenvalue weighted by molar-refractivity contribution is 6.10. The summed E-state index contributed by atoms with van der Waals surface area (Å²) in [6.07, 6.45) is 1.87. The van der Waals surface area contributed by atoms with Crippen molar-refractivity contribution in [2.45, 2.75) is 0 Å². The summed E-state index contributed by atoms with van der Waals surface area (Å²) in [6.45, 7) is 0. The first-order valence-electron chi connectivity index (χ1n) is 16.7. The van der Waals surface area contributed by atoms with E-state index in [1.165, 1.54) is 5.39 Å². The maximum atomic E-state index is 5.40. The van der Waals surface area contributed by atoms with E-state index < -0.39 is 0 Å².